The predicted molar refractivity (Wildman–Crippen MR) is 34.6 cm³/mol. The molecule has 1 rings (SSSR count). The summed E-state index contributed by atoms with van der Waals surface area (Å²) in [5.74, 6) is 0.988. The van der Waals surface area contributed by atoms with E-state index in [1.807, 2.05) is 0 Å². The average molecular weight is 114 g/mol. The minimum Gasteiger partial charge on any atom is -0.329 e. The van der Waals surface area contributed by atoms with E-state index in [1.165, 1.54) is 19.4 Å². The van der Waals surface area contributed by atoms with E-state index in [1.54, 1.807) is 0 Å². The Morgan fingerprint density at radius 1 is 1.50 bits per heavy atom. The van der Waals surface area contributed by atoms with Gasteiger partial charge in [-0.2, -0.15) is 0 Å². The molecule has 0 atom stereocenters. The van der Waals surface area contributed by atoms with Gasteiger partial charge in [0, 0.05) is 13.1 Å². The van der Waals surface area contributed by atoms with Crippen LogP contribution in [-0.4, -0.2) is 19.6 Å². The Hall–Kier alpha value is -0.0800. The first-order valence-corrected chi connectivity index (χ1v) is 3.34. The van der Waals surface area contributed by atoms with E-state index in [4.69, 9.17) is 5.73 Å². The zero-order valence-corrected chi connectivity index (χ0v) is 5.19. The summed E-state index contributed by atoms with van der Waals surface area (Å²) in [5, 5.41) is 3.27. The van der Waals surface area contributed by atoms with Gasteiger partial charge in [-0.3, -0.25) is 0 Å². The highest BCUT2D eigenvalue weighted by Gasteiger charge is 2.19. The van der Waals surface area contributed by atoms with Crippen molar-refractivity contribution in [2.75, 3.05) is 19.6 Å². The van der Waals surface area contributed by atoms with Crippen LogP contribution >= 0.6 is 0 Å². The first kappa shape index (κ1) is 6.05. The lowest BCUT2D eigenvalue weighted by molar-refractivity contribution is 0.643. The second kappa shape index (κ2) is 3.05. The van der Waals surface area contributed by atoms with Crippen LogP contribution in [0.25, 0.3) is 0 Å². The van der Waals surface area contributed by atoms with Gasteiger partial charge in [0.15, 0.2) is 0 Å². The lowest BCUT2D eigenvalue weighted by Crippen LogP contribution is -2.24. The third kappa shape index (κ3) is 2.28. The molecule has 2 heteroatoms. The SMILES string of the molecule is NCCNCC1CC1. The van der Waals surface area contributed by atoms with E-state index in [0.29, 0.717) is 0 Å². The molecule has 0 amide bonds. The number of hydrogen-bond acceptors (Lipinski definition) is 2. The molecule has 1 fully saturated rings. The molecule has 0 aromatic rings. The molecular formula is C6H14N2. The predicted octanol–water partition coefficient (Wildman–Crippen LogP) is -0.0553. The molecule has 1 aliphatic carbocycles. The highest BCUT2D eigenvalue weighted by molar-refractivity contribution is 4.74. The molecule has 0 aromatic heterocycles. The number of nitrogens with two attached hydrogens (primary N) is 1. The average Bonchev–Trinajstić information content (AvgIpc) is 2.51. The molecule has 0 saturated heterocycles. The fourth-order valence-corrected chi connectivity index (χ4v) is 0.730. The molecule has 3 N–H and O–H groups in total. The normalized spacial score (nSPS) is 19.1. The Kier molecular flexibility index (Phi) is 2.30. The van der Waals surface area contributed by atoms with E-state index >= 15 is 0 Å². The first-order chi connectivity index (χ1) is 3.93. The third-order valence-electron chi connectivity index (χ3n) is 1.45. The zero-order valence-electron chi connectivity index (χ0n) is 5.19. The van der Waals surface area contributed by atoms with Crippen LogP contribution in [0.15, 0.2) is 0 Å². The molecule has 0 aromatic carbocycles. The van der Waals surface area contributed by atoms with Crippen LogP contribution in [0.1, 0.15) is 12.8 Å². The maximum Gasteiger partial charge on any atom is 0.00746 e. The fraction of sp³-hybridized carbons (Fsp3) is 1.00. The van der Waals surface area contributed by atoms with Gasteiger partial charge in [0.05, 0.1) is 0 Å². The van der Waals surface area contributed by atoms with Crippen LogP contribution < -0.4 is 11.1 Å². The summed E-state index contributed by atoms with van der Waals surface area (Å²) in [4.78, 5) is 0. The van der Waals surface area contributed by atoms with Crippen molar-refractivity contribution in [1.29, 1.82) is 0 Å². The van der Waals surface area contributed by atoms with Crippen molar-refractivity contribution in [3.05, 3.63) is 0 Å². The van der Waals surface area contributed by atoms with E-state index < -0.39 is 0 Å². The van der Waals surface area contributed by atoms with Crippen molar-refractivity contribution in [3.63, 3.8) is 0 Å². The van der Waals surface area contributed by atoms with Crippen LogP contribution in [0.3, 0.4) is 0 Å². The molecule has 0 bridgehead atoms. The summed E-state index contributed by atoms with van der Waals surface area (Å²) >= 11 is 0. The van der Waals surface area contributed by atoms with Crippen molar-refractivity contribution in [2.45, 2.75) is 12.8 Å². The van der Waals surface area contributed by atoms with Crippen molar-refractivity contribution >= 4 is 0 Å². The summed E-state index contributed by atoms with van der Waals surface area (Å²) < 4.78 is 0. The summed E-state index contributed by atoms with van der Waals surface area (Å²) in [6.07, 6.45) is 2.86. The van der Waals surface area contributed by atoms with Crippen LogP contribution in [-0.2, 0) is 0 Å². The third-order valence-corrected chi connectivity index (χ3v) is 1.45. The lowest BCUT2D eigenvalue weighted by Gasteiger charge is -1.97. The molecule has 1 saturated carbocycles. The molecule has 0 heterocycles. The number of hydrogen-bond donors (Lipinski definition) is 2. The molecule has 0 aliphatic heterocycles. The van der Waals surface area contributed by atoms with Crippen molar-refractivity contribution in [2.24, 2.45) is 11.7 Å². The van der Waals surface area contributed by atoms with Gasteiger partial charge in [-0.05, 0) is 25.3 Å². The van der Waals surface area contributed by atoms with Crippen LogP contribution in [0.5, 0.6) is 0 Å². The molecule has 1 aliphatic rings. The van der Waals surface area contributed by atoms with Crippen molar-refractivity contribution < 1.29 is 0 Å². The second-order valence-corrected chi connectivity index (χ2v) is 2.44. The molecule has 0 radical (unpaired) electrons. The maximum absolute atomic E-state index is 5.27. The molecule has 0 spiro atoms. The van der Waals surface area contributed by atoms with Gasteiger partial charge in [-0.1, -0.05) is 0 Å². The van der Waals surface area contributed by atoms with Gasteiger partial charge in [-0.15, -0.1) is 0 Å². The van der Waals surface area contributed by atoms with Gasteiger partial charge in [0.25, 0.3) is 0 Å². The molecule has 8 heavy (non-hydrogen) atoms. The van der Waals surface area contributed by atoms with E-state index in [9.17, 15) is 0 Å². The highest BCUT2D eigenvalue weighted by Crippen LogP contribution is 2.27. The molecule has 2 nitrogen and oxygen atoms in total. The zero-order chi connectivity index (χ0) is 5.82. The smallest absolute Gasteiger partial charge is 0.00746 e. The van der Waals surface area contributed by atoms with Gasteiger partial charge in [-0.25, -0.2) is 0 Å². The highest BCUT2D eigenvalue weighted by atomic mass is 14.9. The second-order valence-electron chi connectivity index (χ2n) is 2.44. The standard InChI is InChI=1S/C6H14N2/c7-3-4-8-5-6-1-2-6/h6,8H,1-5,7H2. The van der Waals surface area contributed by atoms with Crippen molar-refractivity contribution in [3.8, 4) is 0 Å². The Balaban J connectivity index is 1.74. The summed E-state index contributed by atoms with van der Waals surface area (Å²) in [7, 11) is 0. The maximum atomic E-state index is 5.27. The topological polar surface area (TPSA) is 38.0 Å². The Bertz CT molecular complexity index is 59.5. The van der Waals surface area contributed by atoms with E-state index in [0.717, 1.165) is 19.0 Å². The van der Waals surface area contributed by atoms with Gasteiger partial charge in [0.2, 0.25) is 0 Å². The van der Waals surface area contributed by atoms with Crippen LogP contribution in [0.2, 0.25) is 0 Å². The largest absolute Gasteiger partial charge is 0.329 e. The van der Waals surface area contributed by atoms with Crippen molar-refractivity contribution in [1.82, 2.24) is 5.32 Å². The van der Waals surface area contributed by atoms with Gasteiger partial charge < -0.3 is 11.1 Å². The number of nitrogens with one attached hydrogen (secondary N) is 1. The quantitative estimate of drug-likeness (QED) is 0.503. The van der Waals surface area contributed by atoms with E-state index in [2.05, 4.69) is 5.32 Å². The molecule has 48 valence electrons. The monoisotopic (exact) mass is 114 g/mol. The Morgan fingerprint density at radius 3 is 2.75 bits per heavy atom. The van der Waals surface area contributed by atoms with Gasteiger partial charge in [0.1, 0.15) is 0 Å². The van der Waals surface area contributed by atoms with Crippen LogP contribution in [0, 0.1) is 5.92 Å². The van der Waals surface area contributed by atoms with Crippen LogP contribution in [0.4, 0.5) is 0 Å². The summed E-state index contributed by atoms with van der Waals surface area (Å²) in [5.41, 5.74) is 5.27. The fourth-order valence-electron chi connectivity index (χ4n) is 0.730. The van der Waals surface area contributed by atoms with E-state index in [-0.39, 0.29) is 0 Å². The Labute approximate surface area is 50.4 Å². The van der Waals surface area contributed by atoms with Gasteiger partial charge >= 0.3 is 0 Å². The minimum absolute atomic E-state index is 0.771. The minimum atomic E-state index is 0.771. The lowest BCUT2D eigenvalue weighted by atomic mass is 10.4. The first-order valence-electron chi connectivity index (χ1n) is 3.34. The number of rotatable bonds is 4. The summed E-state index contributed by atoms with van der Waals surface area (Å²) in [6.45, 7) is 2.94. The summed E-state index contributed by atoms with van der Waals surface area (Å²) in [6, 6.07) is 0. The molecular weight excluding hydrogens is 100 g/mol. The molecule has 0 unspecified atom stereocenters. The Morgan fingerprint density at radius 2 is 2.25 bits per heavy atom.